The number of hydrogen-bond donors (Lipinski definition) is 1. The summed E-state index contributed by atoms with van der Waals surface area (Å²) in [6.07, 6.45) is -16.3. The van der Waals surface area contributed by atoms with E-state index in [0.29, 0.717) is 0 Å². The maximum Gasteiger partial charge on any atom is 0.303 e. The molecule has 18 heteroatoms. The van der Waals surface area contributed by atoms with E-state index in [4.69, 9.17) is 47.4 Å². The molecule has 2 aliphatic heterocycles. The fourth-order valence-corrected chi connectivity index (χ4v) is 4.49. The van der Waals surface area contributed by atoms with Crippen molar-refractivity contribution in [3.8, 4) is 0 Å². The van der Waals surface area contributed by atoms with Crippen LogP contribution in [0.25, 0.3) is 0 Å². The highest BCUT2D eigenvalue weighted by atomic mass is 16.8. The Labute approximate surface area is 251 Å². The van der Waals surface area contributed by atoms with Crippen molar-refractivity contribution in [1.29, 1.82) is 0 Å². The average Bonchev–Trinajstić information content (AvgIpc) is 2.87. The first-order chi connectivity index (χ1) is 20.5. The summed E-state index contributed by atoms with van der Waals surface area (Å²) in [6.45, 7) is 6.11. The SMILES string of the molecule is CC(=O)OCC1O[C@H](O[C@@H]2C(COC(C)=O)O[C@@H](O)C(OC(C)=O)[C@H]2OC(C)=O)C(OC(C)=O)[C@@H](OC(C)=O)[C@@H]1OC(C)=O. The van der Waals surface area contributed by atoms with E-state index in [1.54, 1.807) is 0 Å². The second-order valence-corrected chi connectivity index (χ2v) is 9.68. The Morgan fingerprint density at radius 1 is 0.477 bits per heavy atom. The molecule has 44 heavy (non-hydrogen) atoms. The van der Waals surface area contributed by atoms with Gasteiger partial charge in [-0.2, -0.15) is 0 Å². The number of carbonyl (C=O) groups excluding carboxylic acids is 7. The van der Waals surface area contributed by atoms with Crippen LogP contribution in [-0.2, 0) is 80.9 Å². The molecule has 248 valence electrons. The fourth-order valence-electron chi connectivity index (χ4n) is 4.49. The minimum absolute atomic E-state index is 0.572. The molecule has 2 heterocycles. The zero-order valence-electron chi connectivity index (χ0n) is 25.1. The Hall–Kier alpha value is -3.87. The summed E-state index contributed by atoms with van der Waals surface area (Å²) >= 11 is 0. The summed E-state index contributed by atoms with van der Waals surface area (Å²) in [5.41, 5.74) is 0. The highest BCUT2D eigenvalue weighted by Crippen LogP contribution is 2.34. The van der Waals surface area contributed by atoms with Crippen molar-refractivity contribution in [3.05, 3.63) is 0 Å². The second-order valence-electron chi connectivity index (χ2n) is 9.68. The molecular formula is C26H36O18. The minimum atomic E-state index is -1.90. The van der Waals surface area contributed by atoms with Gasteiger partial charge < -0.3 is 52.5 Å². The van der Waals surface area contributed by atoms with Gasteiger partial charge in [0.15, 0.2) is 43.1 Å². The van der Waals surface area contributed by atoms with Crippen LogP contribution in [0.5, 0.6) is 0 Å². The lowest BCUT2D eigenvalue weighted by molar-refractivity contribution is -0.357. The van der Waals surface area contributed by atoms with Crippen molar-refractivity contribution in [2.75, 3.05) is 13.2 Å². The molecule has 4 unspecified atom stereocenters. The summed E-state index contributed by atoms with van der Waals surface area (Å²) in [7, 11) is 0. The topological polar surface area (TPSA) is 232 Å². The number of carbonyl (C=O) groups is 7. The molecule has 0 radical (unpaired) electrons. The minimum Gasteiger partial charge on any atom is -0.463 e. The molecule has 0 aliphatic carbocycles. The number of aliphatic hydroxyl groups is 1. The van der Waals surface area contributed by atoms with E-state index in [2.05, 4.69) is 0 Å². The van der Waals surface area contributed by atoms with Crippen LogP contribution in [-0.4, -0.2) is 122 Å². The van der Waals surface area contributed by atoms with Crippen molar-refractivity contribution in [2.24, 2.45) is 0 Å². The van der Waals surface area contributed by atoms with Crippen molar-refractivity contribution < 1.29 is 86.0 Å². The normalized spacial score (nSPS) is 31.5. The second kappa shape index (κ2) is 16.3. The summed E-state index contributed by atoms with van der Waals surface area (Å²) < 4.78 is 54.1. The monoisotopic (exact) mass is 636 g/mol. The van der Waals surface area contributed by atoms with Crippen molar-refractivity contribution in [1.82, 2.24) is 0 Å². The van der Waals surface area contributed by atoms with Crippen LogP contribution in [0, 0.1) is 0 Å². The molecule has 0 aromatic carbocycles. The maximum absolute atomic E-state index is 12.2. The highest BCUT2D eigenvalue weighted by molar-refractivity contribution is 5.69. The molecule has 2 aliphatic rings. The summed E-state index contributed by atoms with van der Waals surface area (Å²) in [5, 5.41) is 10.6. The molecule has 2 saturated heterocycles. The van der Waals surface area contributed by atoms with Crippen LogP contribution in [0.2, 0.25) is 0 Å². The lowest BCUT2D eigenvalue weighted by Crippen LogP contribution is -2.67. The third-order valence-electron chi connectivity index (χ3n) is 5.90. The van der Waals surface area contributed by atoms with Gasteiger partial charge in [0.2, 0.25) is 0 Å². The molecule has 0 amide bonds. The lowest BCUT2D eigenvalue weighted by atomic mass is 9.96. The Kier molecular flexibility index (Phi) is 13.4. The smallest absolute Gasteiger partial charge is 0.303 e. The molecule has 0 spiro atoms. The van der Waals surface area contributed by atoms with Gasteiger partial charge in [-0.3, -0.25) is 33.6 Å². The maximum atomic E-state index is 12.2. The molecule has 0 bridgehead atoms. The van der Waals surface area contributed by atoms with Gasteiger partial charge in [0.05, 0.1) is 0 Å². The van der Waals surface area contributed by atoms with Gasteiger partial charge in [0, 0.05) is 48.5 Å². The van der Waals surface area contributed by atoms with Crippen molar-refractivity contribution >= 4 is 41.8 Å². The largest absolute Gasteiger partial charge is 0.463 e. The van der Waals surface area contributed by atoms with Gasteiger partial charge in [-0.15, -0.1) is 0 Å². The van der Waals surface area contributed by atoms with Crippen LogP contribution in [0.1, 0.15) is 48.5 Å². The van der Waals surface area contributed by atoms with E-state index in [1.807, 2.05) is 0 Å². The van der Waals surface area contributed by atoms with E-state index >= 15 is 0 Å². The average molecular weight is 637 g/mol. The van der Waals surface area contributed by atoms with Gasteiger partial charge in [-0.05, 0) is 0 Å². The van der Waals surface area contributed by atoms with Crippen molar-refractivity contribution in [3.63, 3.8) is 0 Å². The summed E-state index contributed by atoms with van der Waals surface area (Å²) in [4.78, 5) is 83.5. The van der Waals surface area contributed by atoms with Gasteiger partial charge in [-0.1, -0.05) is 0 Å². The zero-order chi connectivity index (χ0) is 33.3. The summed E-state index contributed by atoms with van der Waals surface area (Å²) in [6, 6.07) is 0. The number of aliphatic hydroxyl groups excluding tert-OH is 1. The molecule has 1 N–H and O–H groups in total. The Morgan fingerprint density at radius 2 is 0.841 bits per heavy atom. The van der Waals surface area contributed by atoms with Crippen LogP contribution in [0.4, 0.5) is 0 Å². The van der Waals surface area contributed by atoms with Gasteiger partial charge in [0.25, 0.3) is 0 Å². The van der Waals surface area contributed by atoms with E-state index in [-0.39, 0.29) is 0 Å². The molecular weight excluding hydrogens is 600 g/mol. The first kappa shape index (κ1) is 36.3. The molecule has 10 atom stereocenters. The van der Waals surface area contributed by atoms with Gasteiger partial charge >= 0.3 is 41.8 Å². The van der Waals surface area contributed by atoms with E-state index in [0.717, 1.165) is 48.5 Å². The Balaban J connectivity index is 2.66. The Morgan fingerprint density at radius 3 is 1.27 bits per heavy atom. The third kappa shape index (κ3) is 10.7. The fraction of sp³-hybridized carbons (Fsp3) is 0.731. The van der Waals surface area contributed by atoms with E-state index < -0.39 is 116 Å². The van der Waals surface area contributed by atoms with Crippen LogP contribution in [0.15, 0.2) is 0 Å². The number of rotatable bonds is 11. The summed E-state index contributed by atoms with van der Waals surface area (Å²) in [5.74, 6) is -6.03. The molecule has 0 aromatic heterocycles. The van der Waals surface area contributed by atoms with Gasteiger partial charge in [-0.25, -0.2) is 0 Å². The molecule has 18 nitrogen and oxygen atoms in total. The quantitative estimate of drug-likeness (QED) is 0.203. The Bertz CT molecular complexity index is 1090. The number of hydrogen-bond acceptors (Lipinski definition) is 18. The van der Waals surface area contributed by atoms with Crippen molar-refractivity contribution in [2.45, 2.75) is 110 Å². The first-order valence-corrected chi connectivity index (χ1v) is 13.3. The number of ether oxygens (including phenoxy) is 10. The molecule has 0 saturated carbocycles. The van der Waals surface area contributed by atoms with E-state index in [1.165, 1.54) is 0 Å². The molecule has 2 rings (SSSR count). The van der Waals surface area contributed by atoms with Crippen LogP contribution >= 0.6 is 0 Å². The van der Waals surface area contributed by atoms with E-state index in [9.17, 15) is 38.7 Å². The van der Waals surface area contributed by atoms with Crippen LogP contribution in [0.3, 0.4) is 0 Å². The third-order valence-corrected chi connectivity index (χ3v) is 5.90. The molecule has 2 fully saturated rings. The standard InChI is InChI=1S/C26H36O18/c1-10(27)35-8-17-20(21(38-13(4)30)23(25(34)42-17)40-15(6)32)44-26-24(41-16(7)33)22(39-14(5)31)19(37-12(3)29)18(43-26)9-36-11(2)28/h17-26,34H,8-9H2,1-7H3/t17?,18?,19-,20-,21+,22+,23?,24?,25-,26-/m1/s1. The van der Waals surface area contributed by atoms with Gasteiger partial charge in [0.1, 0.15) is 31.5 Å². The predicted octanol–water partition coefficient (Wildman–Crippen LogP) is -1.40. The van der Waals surface area contributed by atoms with Crippen LogP contribution < -0.4 is 0 Å². The predicted molar refractivity (Wildman–Crippen MR) is 135 cm³/mol. The zero-order valence-corrected chi connectivity index (χ0v) is 25.1. The first-order valence-electron chi connectivity index (χ1n) is 13.3. The lowest BCUT2D eigenvalue weighted by Gasteiger charge is -2.48. The number of esters is 7. The highest BCUT2D eigenvalue weighted by Gasteiger charge is 2.57. The molecule has 0 aromatic rings.